The molecule has 1 atom stereocenters. The molecule has 0 aliphatic carbocycles. The molecule has 1 aromatic rings. The molecule has 0 saturated carbocycles. The van der Waals surface area contributed by atoms with Gasteiger partial charge in [0.05, 0.1) is 11.5 Å². The molecule has 0 bridgehead atoms. The molecule has 0 unspecified atom stereocenters. The highest BCUT2D eigenvalue weighted by atomic mass is 79.9. The Labute approximate surface area is 151 Å². The number of nitrogens with zero attached hydrogens (tertiary/aromatic N) is 2. The number of amidine groups is 1. The van der Waals surface area contributed by atoms with Crippen molar-refractivity contribution in [3.05, 3.63) is 40.9 Å². The molecule has 1 saturated heterocycles. The molecule has 126 valence electrons. The molecule has 0 aromatic heterocycles. The van der Waals surface area contributed by atoms with Crippen LogP contribution in [0.2, 0.25) is 0 Å². The van der Waals surface area contributed by atoms with E-state index in [1.807, 2.05) is 6.07 Å². The first kappa shape index (κ1) is 18.2. The molecule has 0 spiro atoms. The minimum Gasteiger partial charge on any atom is -0.550 e. The Bertz CT molecular complexity index is 721. The summed E-state index contributed by atoms with van der Waals surface area (Å²) in [6.45, 7) is 3.95. The van der Waals surface area contributed by atoms with Crippen molar-refractivity contribution < 1.29 is 19.4 Å². The lowest BCUT2D eigenvalue weighted by molar-refractivity contribution is -0.305. The third kappa shape index (κ3) is 5.20. The van der Waals surface area contributed by atoms with Crippen molar-refractivity contribution in [2.24, 2.45) is 10.2 Å². The van der Waals surface area contributed by atoms with Crippen LogP contribution in [0.3, 0.4) is 0 Å². The molecule has 24 heavy (non-hydrogen) atoms. The predicted molar refractivity (Wildman–Crippen MR) is 94.0 cm³/mol. The van der Waals surface area contributed by atoms with Gasteiger partial charge < -0.3 is 20.0 Å². The Balaban J connectivity index is 2.08. The molecule has 1 aliphatic rings. The van der Waals surface area contributed by atoms with Crippen LogP contribution in [0.15, 0.2) is 45.5 Å². The number of carbonyl (C=O) groups is 2. The molecule has 1 N–H and O–H groups in total. The summed E-state index contributed by atoms with van der Waals surface area (Å²) in [7, 11) is 0. The van der Waals surface area contributed by atoms with Gasteiger partial charge in [-0.25, -0.2) is 0 Å². The second-order valence-corrected chi connectivity index (χ2v) is 6.71. The summed E-state index contributed by atoms with van der Waals surface area (Å²) < 4.78 is 6.36. The first-order valence-corrected chi connectivity index (χ1v) is 8.48. The molecule has 9 heteroatoms. The van der Waals surface area contributed by atoms with Crippen molar-refractivity contribution in [3.8, 4) is 5.75 Å². The van der Waals surface area contributed by atoms with E-state index in [0.717, 1.165) is 16.2 Å². The largest absolute Gasteiger partial charge is 0.550 e. The molecule has 1 heterocycles. The average Bonchev–Trinajstić information content (AvgIpc) is 2.86. The Morgan fingerprint density at radius 1 is 1.54 bits per heavy atom. The van der Waals surface area contributed by atoms with Crippen LogP contribution in [0.25, 0.3) is 0 Å². The molecule has 1 amide bonds. The summed E-state index contributed by atoms with van der Waals surface area (Å²) in [6, 6.07) is 5.42. The van der Waals surface area contributed by atoms with Crippen LogP contribution in [-0.2, 0) is 9.59 Å². The topological polar surface area (TPSA) is 103 Å². The summed E-state index contributed by atoms with van der Waals surface area (Å²) in [6.07, 6.45) is 2.74. The quantitative estimate of drug-likeness (QED) is 0.411. The maximum atomic E-state index is 11.6. The van der Waals surface area contributed by atoms with E-state index in [4.69, 9.17) is 4.74 Å². The van der Waals surface area contributed by atoms with Gasteiger partial charge in [-0.05, 0) is 18.2 Å². The zero-order valence-corrected chi connectivity index (χ0v) is 14.8. The fourth-order valence-electron chi connectivity index (χ4n) is 1.78. The maximum Gasteiger partial charge on any atom is 0.239 e. The van der Waals surface area contributed by atoms with Gasteiger partial charge in [-0.3, -0.25) is 4.79 Å². The van der Waals surface area contributed by atoms with Crippen LogP contribution < -0.4 is 15.2 Å². The number of halogens is 1. The standard InChI is InChI=1S/C15H14BrN3O4S/c1-2-5-23-11-4-3-10(16)6-9(11)8-17-19-15-18-14(22)12(24-15)7-13(20)21/h2-4,6,8,12H,1,5,7H2,(H,20,21)(H,18,19,22)/p-1/b17-8-/t12-/m0/s1. The number of amides is 1. The number of nitrogens with one attached hydrogen (secondary N) is 1. The lowest BCUT2D eigenvalue weighted by Crippen LogP contribution is -2.31. The highest BCUT2D eigenvalue weighted by molar-refractivity contribution is 9.10. The van der Waals surface area contributed by atoms with Crippen LogP contribution in [-0.4, -0.2) is 35.1 Å². The van der Waals surface area contributed by atoms with Gasteiger partial charge in [0.15, 0.2) is 5.17 Å². The molecule has 0 radical (unpaired) electrons. The Morgan fingerprint density at radius 2 is 2.33 bits per heavy atom. The first-order valence-electron chi connectivity index (χ1n) is 6.81. The number of aliphatic carboxylic acids is 1. The highest BCUT2D eigenvalue weighted by Gasteiger charge is 2.30. The van der Waals surface area contributed by atoms with Crippen LogP contribution >= 0.6 is 27.7 Å². The molecular formula is C15H13BrN3O4S-. The number of ether oxygens (including phenoxy) is 1. The van der Waals surface area contributed by atoms with E-state index in [0.29, 0.717) is 17.9 Å². The monoisotopic (exact) mass is 410 g/mol. The van der Waals surface area contributed by atoms with E-state index in [-0.39, 0.29) is 11.6 Å². The van der Waals surface area contributed by atoms with E-state index in [1.165, 1.54) is 6.21 Å². The maximum absolute atomic E-state index is 11.6. The molecule has 2 rings (SSSR count). The lowest BCUT2D eigenvalue weighted by Gasteiger charge is -2.06. The Kier molecular flexibility index (Phi) is 6.56. The van der Waals surface area contributed by atoms with Gasteiger partial charge in [-0.1, -0.05) is 40.3 Å². The van der Waals surface area contributed by atoms with Crippen molar-refractivity contribution in [2.75, 3.05) is 6.61 Å². The van der Waals surface area contributed by atoms with Gasteiger partial charge in [-0.2, -0.15) is 5.10 Å². The van der Waals surface area contributed by atoms with Gasteiger partial charge in [-0.15, -0.1) is 5.10 Å². The summed E-state index contributed by atoms with van der Waals surface area (Å²) in [5.41, 5.74) is 0.691. The number of rotatable bonds is 7. The summed E-state index contributed by atoms with van der Waals surface area (Å²) in [5, 5.41) is 20.3. The molecule has 1 fully saturated rings. The van der Waals surface area contributed by atoms with E-state index >= 15 is 0 Å². The summed E-state index contributed by atoms with van der Waals surface area (Å²) >= 11 is 4.37. The van der Waals surface area contributed by atoms with Crippen molar-refractivity contribution in [1.82, 2.24) is 5.32 Å². The number of hydrogen-bond acceptors (Lipinski definition) is 7. The fraction of sp³-hybridized carbons (Fsp3) is 0.200. The summed E-state index contributed by atoms with van der Waals surface area (Å²) in [5.74, 6) is -1.10. The number of thioether (sulfide) groups is 1. The third-order valence-electron chi connectivity index (χ3n) is 2.80. The lowest BCUT2D eigenvalue weighted by atomic mass is 10.2. The Hall–Kier alpha value is -2.13. The van der Waals surface area contributed by atoms with Gasteiger partial charge >= 0.3 is 0 Å². The highest BCUT2D eigenvalue weighted by Crippen LogP contribution is 2.23. The van der Waals surface area contributed by atoms with Crippen molar-refractivity contribution >= 4 is 51.0 Å². The number of benzene rings is 1. The zero-order chi connectivity index (χ0) is 17.5. The van der Waals surface area contributed by atoms with E-state index in [1.54, 1.807) is 18.2 Å². The second-order valence-electron chi connectivity index (χ2n) is 4.60. The normalized spacial score (nSPS) is 18.8. The zero-order valence-electron chi connectivity index (χ0n) is 12.4. The second kappa shape index (κ2) is 8.65. The number of hydrogen-bond donors (Lipinski definition) is 1. The van der Waals surface area contributed by atoms with Crippen LogP contribution in [0, 0.1) is 0 Å². The SMILES string of the molecule is C=CCOc1ccc(Br)cc1/C=N\N=C1\NC(=O)[C@H](CC(=O)[O-])S1. The van der Waals surface area contributed by atoms with Gasteiger partial charge in [0.1, 0.15) is 12.4 Å². The molecule has 7 nitrogen and oxygen atoms in total. The fourth-order valence-corrected chi connectivity index (χ4v) is 3.07. The van der Waals surface area contributed by atoms with Crippen LogP contribution in [0.5, 0.6) is 5.75 Å². The van der Waals surface area contributed by atoms with Crippen LogP contribution in [0.1, 0.15) is 12.0 Å². The Morgan fingerprint density at radius 3 is 3.04 bits per heavy atom. The molecule has 1 aromatic carbocycles. The van der Waals surface area contributed by atoms with Crippen LogP contribution in [0.4, 0.5) is 0 Å². The summed E-state index contributed by atoms with van der Waals surface area (Å²) in [4.78, 5) is 22.1. The van der Waals surface area contributed by atoms with Crippen molar-refractivity contribution in [3.63, 3.8) is 0 Å². The van der Waals surface area contributed by atoms with E-state index in [9.17, 15) is 14.7 Å². The first-order chi connectivity index (χ1) is 11.5. The number of carbonyl (C=O) groups excluding carboxylic acids is 2. The van der Waals surface area contributed by atoms with Crippen molar-refractivity contribution in [1.29, 1.82) is 0 Å². The van der Waals surface area contributed by atoms with E-state index < -0.39 is 17.1 Å². The van der Waals surface area contributed by atoms with Gasteiger partial charge in [0, 0.05) is 22.4 Å². The third-order valence-corrected chi connectivity index (χ3v) is 4.37. The minimum absolute atomic E-state index is 0.242. The van der Waals surface area contributed by atoms with Crippen molar-refractivity contribution in [2.45, 2.75) is 11.7 Å². The average molecular weight is 411 g/mol. The predicted octanol–water partition coefficient (Wildman–Crippen LogP) is 1.08. The smallest absolute Gasteiger partial charge is 0.239 e. The minimum atomic E-state index is -1.29. The van der Waals surface area contributed by atoms with Gasteiger partial charge in [0.25, 0.3) is 0 Å². The number of carboxylic acid groups (broad SMARTS) is 1. The molecular weight excluding hydrogens is 398 g/mol. The number of carboxylic acids is 1. The van der Waals surface area contributed by atoms with Gasteiger partial charge in [0.2, 0.25) is 5.91 Å². The van der Waals surface area contributed by atoms with E-state index in [2.05, 4.69) is 38.0 Å². The molecule has 1 aliphatic heterocycles.